The molecule has 6 heteroatoms. The second kappa shape index (κ2) is 5.90. The highest BCUT2D eigenvalue weighted by Gasteiger charge is 2.10. The molecule has 0 aliphatic heterocycles. The van der Waals surface area contributed by atoms with Crippen molar-refractivity contribution in [3.05, 3.63) is 42.2 Å². The molecule has 2 aromatic rings. The van der Waals surface area contributed by atoms with E-state index in [2.05, 4.69) is 10.4 Å². The fraction of sp³-hybridized carbons (Fsp3) is 0.231. The zero-order valence-corrected chi connectivity index (χ0v) is 10.7. The van der Waals surface area contributed by atoms with Gasteiger partial charge in [-0.25, -0.2) is 0 Å². The Kier molecular flexibility index (Phi) is 4.02. The van der Waals surface area contributed by atoms with Crippen LogP contribution in [0.4, 0.5) is 5.69 Å². The van der Waals surface area contributed by atoms with Crippen LogP contribution in [0.3, 0.4) is 0 Å². The number of nitrogen functional groups attached to an aromatic ring is 1. The summed E-state index contributed by atoms with van der Waals surface area (Å²) in [4.78, 5) is 12.0. The minimum absolute atomic E-state index is 0.219. The van der Waals surface area contributed by atoms with E-state index in [0.29, 0.717) is 30.1 Å². The maximum atomic E-state index is 12.0. The van der Waals surface area contributed by atoms with Crippen molar-refractivity contribution in [2.45, 2.75) is 6.54 Å². The lowest BCUT2D eigenvalue weighted by Crippen LogP contribution is -2.28. The van der Waals surface area contributed by atoms with E-state index in [0.717, 1.165) is 0 Å². The smallest absolute Gasteiger partial charge is 0.253 e. The molecule has 0 saturated heterocycles. The van der Waals surface area contributed by atoms with Crippen molar-refractivity contribution in [3.63, 3.8) is 0 Å². The van der Waals surface area contributed by atoms with Gasteiger partial charge in [-0.3, -0.25) is 9.48 Å². The molecular weight excluding hydrogens is 244 g/mol. The largest absolute Gasteiger partial charge is 0.497 e. The topological polar surface area (TPSA) is 82.2 Å². The van der Waals surface area contributed by atoms with E-state index in [1.54, 1.807) is 36.2 Å². The number of ether oxygens (including phenoxy) is 1. The average Bonchev–Trinajstić information content (AvgIpc) is 2.92. The number of hydrogen-bond acceptors (Lipinski definition) is 4. The molecular formula is C13H16N4O2. The Hall–Kier alpha value is -2.50. The van der Waals surface area contributed by atoms with E-state index in [1.165, 1.54) is 0 Å². The molecule has 6 nitrogen and oxygen atoms in total. The van der Waals surface area contributed by atoms with Crippen LogP contribution in [-0.2, 0) is 6.54 Å². The number of amides is 1. The molecule has 1 heterocycles. The normalized spacial score (nSPS) is 10.2. The number of rotatable bonds is 5. The Bertz CT molecular complexity index is 552. The summed E-state index contributed by atoms with van der Waals surface area (Å²) in [7, 11) is 1.55. The van der Waals surface area contributed by atoms with E-state index in [4.69, 9.17) is 10.5 Å². The highest BCUT2D eigenvalue weighted by molar-refractivity contribution is 5.99. The van der Waals surface area contributed by atoms with E-state index in [-0.39, 0.29) is 5.91 Å². The molecule has 3 N–H and O–H groups in total. The maximum absolute atomic E-state index is 12.0. The summed E-state index contributed by atoms with van der Waals surface area (Å²) in [6.45, 7) is 1.10. The molecule has 0 bridgehead atoms. The molecule has 0 radical (unpaired) electrons. The number of nitrogens with one attached hydrogen (secondary N) is 1. The summed E-state index contributed by atoms with van der Waals surface area (Å²) in [6.07, 6.45) is 3.54. The second-order valence-electron chi connectivity index (χ2n) is 3.98. The minimum Gasteiger partial charge on any atom is -0.497 e. The number of nitrogens with zero attached hydrogens (tertiary/aromatic N) is 2. The van der Waals surface area contributed by atoms with Crippen molar-refractivity contribution < 1.29 is 9.53 Å². The number of methoxy groups -OCH3 is 1. The fourth-order valence-corrected chi connectivity index (χ4v) is 1.67. The van der Waals surface area contributed by atoms with Crippen LogP contribution in [-0.4, -0.2) is 29.3 Å². The third-order valence-corrected chi connectivity index (χ3v) is 2.69. The first-order valence-electron chi connectivity index (χ1n) is 5.90. The number of benzene rings is 1. The predicted octanol–water partition coefficient (Wildman–Crippen LogP) is 0.904. The van der Waals surface area contributed by atoms with Crippen LogP contribution in [0.1, 0.15) is 10.4 Å². The molecule has 0 aliphatic carbocycles. The molecule has 0 fully saturated rings. The summed E-state index contributed by atoms with van der Waals surface area (Å²) in [6, 6.07) is 6.83. The zero-order chi connectivity index (χ0) is 13.7. The van der Waals surface area contributed by atoms with Gasteiger partial charge in [-0.1, -0.05) is 0 Å². The van der Waals surface area contributed by atoms with Gasteiger partial charge in [-0.05, 0) is 24.3 Å². The highest BCUT2D eigenvalue weighted by Crippen LogP contribution is 2.19. The van der Waals surface area contributed by atoms with Gasteiger partial charge < -0.3 is 15.8 Å². The maximum Gasteiger partial charge on any atom is 0.253 e. The second-order valence-corrected chi connectivity index (χ2v) is 3.98. The van der Waals surface area contributed by atoms with Crippen LogP contribution >= 0.6 is 0 Å². The van der Waals surface area contributed by atoms with Gasteiger partial charge in [0.2, 0.25) is 0 Å². The van der Waals surface area contributed by atoms with Crippen molar-refractivity contribution in [1.82, 2.24) is 15.1 Å². The van der Waals surface area contributed by atoms with Crippen molar-refractivity contribution >= 4 is 11.6 Å². The molecule has 1 aromatic carbocycles. The average molecular weight is 260 g/mol. The molecule has 1 aromatic heterocycles. The summed E-state index contributed by atoms with van der Waals surface area (Å²) in [5.74, 6) is 0.384. The lowest BCUT2D eigenvalue weighted by molar-refractivity contribution is 0.0952. The molecule has 0 aliphatic rings. The lowest BCUT2D eigenvalue weighted by Gasteiger charge is -2.09. The van der Waals surface area contributed by atoms with Gasteiger partial charge in [0, 0.05) is 24.6 Å². The summed E-state index contributed by atoms with van der Waals surface area (Å²) in [5.41, 5.74) is 6.62. The van der Waals surface area contributed by atoms with Crippen molar-refractivity contribution in [1.29, 1.82) is 0 Å². The number of carbonyl (C=O) groups is 1. The Balaban J connectivity index is 1.95. The first-order valence-corrected chi connectivity index (χ1v) is 5.90. The summed E-state index contributed by atoms with van der Waals surface area (Å²) in [5, 5.41) is 6.85. The Labute approximate surface area is 111 Å². The fourth-order valence-electron chi connectivity index (χ4n) is 1.67. The van der Waals surface area contributed by atoms with Gasteiger partial charge in [-0.15, -0.1) is 0 Å². The van der Waals surface area contributed by atoms with Gasteiger partial charge in [0.25, 0.3) is 5.91 Å². The van der Waals surface area contributed by atoms with Crippen LogP contribution in [0.2, 0.25) is 0 Å². The predicted molar refractivity (Wildman–Crippen MR) is 72.0 cm³/mol. The van der Waals surface area contributed by atoms with E-state index in [9.17, 15) is 4.79 Å². The SMILES string of the molecule is COc1ccc(N)c(C(=O)NCCn2cccn2)c1. The summed E-state index contributed by atoms with van der Waals surface area (Å²) < 4.78 is 6.82. The van der Waals surface area contributed by atoms with Crippen LogP contribution in [0.25, 0.3) is 0 Å². The molecule has 2 rings (SSSR count). The number of aromatic nitrogens is 2. The molecule has 1 amide bonds. The van der Waals surface area contributed by atoms with Crippen molar-refractivity contribution in [2.24, 2.45) is 0 Å². The van der Waals surface area contributed by atoms with Crippen LogP contribution in [0.15, 0.2) is 36.7 Å². The lowest BCUT2D eigenvalue weighted by atomic mass is 10.1. The number of anilines is 1. The monoisotopic (exact) mass is 260 g/mol. The van der Waals surface area contributed by atoms with Gasteiger partial charge in [0.05, 0.1) is 19.2 Å². The molecule has 0 unspecified atom stereocenters. The molecule has 100 valence electrons. The van der Waals surface area contributed by atoms with Gasteiger partial charge in [0.1, 0.15) is 5.75 Å². The van der Waals surface area contributed by atoms with Crippen LogP contribution in [0.5, 0.6) is 5.75 Å². The van der Waals surface area contributed by atoms with Gasteiger partial charge in [-0.2, -0.15) is 5.10 Å². The van der Waals surface area contributed by atoms with Crippen LogP contribution < -0.4 is 15.8 Å². The third-order valence-electron chi connectivity index (χ3n) is 2.69. The van der Waals surface area contributed by atoms with E-state index >= 15 is 0 Å². The quantitative estimate of drug-likeness (QED) is 0.783. The highest BCUT2D eigenvalue weighted by atomic mass is 16.5. The van der Waals surface area contributed by atoms with Gasteiger partial charge in [0.15, 0.2) is 0 Å². The first-order chi connectivity index (χ1) is 9.20. The van der Waals surface area contributed by atoms with Crippen molar-refractivity contribution in [2.75, 3.05) is 19.4 Å². The number of hydrogen-bond donors (Lipinski definition) is 2. The summed E-state index contributed by atoms with van der Waals surface area (Å²) >= 11 is 0. The van der Waals surface area contributed by atoms with E-state index in [1.807, 2.05) is 12.3 Å². The number of carbonyl (C=O) groups excluding carboxylic acids is 1. The molecule has 0 spiro atoms. The molecule has 0 atom stereocenters. The first kappa shape index (κ1) is 12.9. The Morgan fingerprint density at radius 2 is 2.37 bits per heavy atom. The molecule has 19 heavy (non-hydrogen) atoms. The minimum atomic E-state index is -0.219. The standard InChI is InChI=1S/C13H16N4O2/c1-19-10-3-4-12(14)11(9-10)13(18)15-6-8-17-7-2-5-16-17/h2-5,7,9H,6,8,14H2,1H3,(H,15,18). The third kappa shape index (κ3) is 3.25. The van der Waals surface area contributed by atoms with Crippen molar-refractivity contribution in [3.8, 4) is 5.75 Å². The van der Waals surface area contributed by atoms with E-state index < -0.39 is 0 Å². The number of nitrogens with two attached hydrogens (primary N) is 1. The Morgan fingerprint density at radius 3 is 3.05 bits per heavy atom. The molecule has 0 saturated carbocycles. The Morgan fingerprint density at radius 1 is 1.53 bits per heavy atom. The van der Waals surface area contributed by atoms with Gasteiger partial charge >= 0.3 is 0 Å². The zero-order valence-electron chi connectivity index (χ0n) is 10.7. The van der Waals surface area contributed by atoms with Crippen LogP contribution in [0, 0.1) is 0 Å².